The molecular formula is C29H40N6O4. The molecule has 210 valence electrons. The number of rotatable bonds is 4. The molecule has 0 radical (unpaired) electrons. The molecular weight excluding hydrogens is 496 g/mol. The molecule has 0 spiro atoms. The van der Waals surface area contributed by atoms with Gasteiger partial charge in [-0.2, -0.15) is 5.10 Å². The molecule has 0 aliphatic carbocycles. The number of likely N-dealkylation sites (tertiary alicyclic amines) is 1. The number of hydrogen-bond acceptors (Lipinski definition) is 8. The van der Waals surface area contributed by atoms with Gasteiger partial charge in [-0.1, -0.05) is 0 Å². The second kappa shape index (κ2) is 10.7. The second-order valence-corrected chi connectivity index (χ2v) is 11.8. The molecule has 10 heteroatoms. The molecule has 2 aliphatic rings. The van der Waals surface area contributed by atoms with Crippen LogP contribution in [-0.4, -0.2) is 86.4 Å². The van der Waals surface area contributed by atoms with Gasteiger partial charge >= 0.3 is 6.09 Å². The van der Waals surface area contributed by atoms with E-state index in [2.05, 4.69) is 35.9 Å². The van der Waals surface area contributed by atoms with Crippen molar-refractivity contribution in [2.24, 2.45) is 0 Å². The van der Waals surface area contributed by atoms with Crippen molar-refractivity contribution in [3.05, 3.63) is 41.3 Å². The van der Waals surface area contributed by atoms with Crippen LogP contribution in [-0.2, 0) is 9.47 Å². The quantitative estimate of drug-likeness (QED) is 0.531. The van der Waals surface area contributed by atoms with Crippen LogP contribution in [0, 0.1) is 13.8 Å². The third kappa shape index (κ3) is 5.86. The van der Waals surface area contributed by atoms with Crippen molar-refractivity contribution in [3.8, 4) is 5.82 Å². The number of aliphatic hydroxyl groups excluding tert-OH is 1. The van der Waals surface area contributed by atoms with Gasteiger partial charge in [0.25, 0.3) is 0 Å². The average Bonchev–Trinajstić information content (AvgIpc) is 3.29. The molecule has 39 heavy (non-hydrogen) atoms. The smallest absolute Gasteiger partial charge is 0.410 e. The zero-order chi connectivity index (χ0) is 27.9. The Morgan fingerprint density at radius 2 is 1.92 bits per heavy atom. The molecule has 1 aromatic carbocycles. The summed E-state index contributed by atoms with van der Waals surface area (Å²) in [6, 6.07) is 6.48. The van der Waals surface area contributed by atoms with Gasteiger partial charge in [0.15, 0.2) is 5.82 Å². The highest BCUT2D eigenvalue weighted by Crippen LogP contribution is 2.36. The van der Waals surface area contributed by atoms with Gasteiger partial charge < -0.3 is 24.4 Å². The lowest BCUT2D eigenvalue weighted by Crippen LogP contribution is -2.46. The Labute approximate surface area is 229 Å². The number of nitrogens with zero attached hydrogens (tertiary/aromatic N) is 6. The fourth-order valence-corrected chi connectivity index (χ4v) is 5.72. The molecule has 3 atom stereocenters. The SMILES string of the molecule is Cc1nc(N2CCO[C@@H](CO)C2)cc(-n2ncc3cc(C)c(C4CCN(C(=O)OC(C)(C)C)C(C)C4)cc32)n1. The second-order valence-electron chi connectivity index (χ2n) is 11.8. The summed E-state index contributed by atoms with van der Waals surface area (Å²) in [5.41, 5.74) is 3.00. The Morgan fingerprint density at radius 1 is 1.15 bits per heavy atom. The first-order valence-electron chi connectivity index (χ1n) is 13.8. The van der Waals surface area contributed by atoms with Crippen LogP contribution in [0.2, 0.25) is 0 Å². The zero-order valence-electron chi connectivity index (χ0n) is 23.8. The maximum absolute atomic E-state index is 12.7. The van der Waals surface area contributed by atoms with Crippen LogP contribution in [0.4, 0.5) is 10.6 Å². The first-order valence-corrected chi connectivity index (χ1v) is 13.8. The summed E-state index contributed by atoms with van der Waals surface area (Å²) in [6.07, 6.45) is 3.17. The molecule has 4 heterocycles. The van der Waals surface area contributed by atoms with Crippen LogP contribution in [0.25, 0.3) is 16.7 Å². The maximum Gasteiger partial charge on any atom is 0.410 e. The van der Waals surface area contributed by atoms with Gasteiger partial charge in [-0.05, 0) is 83.6 Å². The minimum Gasteiger partial charge on any atom is -0.444 e. The van der Waals surface area contributed by atoms with Crippen molar-refractivity contribution >= 4 is 22.8 Å². The van der Waals surface area contributed by atoms with E-state index in [1.165, 1.54) is 11.1 Å². The Bertz CT molecular complexity index is 1350. The van der Waals surface area contributed by atoms with Crippen LogP contribution in [0.3, 0.4) is 0 Å². The highest BCUT2D eigenvalue weighted by Gasteiger charge is 2.33. The van der Waals surface area contributed by atoms with Crippen LogP contribution in [0.15, 0.2) is 24.4 Å². The monoisotopic (exact) mass is 536 g/mol. The molecule has 2 aromatic heterocycles. The number of amides is 1. The van der Waals surface area contributed by atoms with Crippen molar-refractivity contribution in [3.63, 3.8) is 0 Å². The lowest BCUT2D eigenvalue weighted by atomic mass is 9.83. The van der Waals surface area contributed by atoms with Gasteiger partial charge in [0.05, 0.1) is 31.0 Å². The summed E-state index contributed by atoms with van der Waals surface area (Å²) in [4.78, 5) is 26.1. The highest BCUT2D eigenvalue weighted by atomic mass is 16.6. The number of anilines is 1. The molecule has 2 fully saturated rings. The van der Waals surface area contributed by atoms with Crippen LogP contribution in [0.1, 0.15) is 63.4 Å². The van der Waals surface area contributed by atoms with Gasteiger partial charge in [-0.25, -0.2) is 19.4 Å². The fourth-order valence-electron chi connectivity index (χ4n) is 5.72. The number of ether oxygens (including phenoxy) is 2. The molecule has 2 aliphatic heterocycles. The van der Waals surface area contributed by atoms with Crippen LogP contribution in [0.5, 0.6) is 0 Å². The fraction of sp³-hybridized carbons (Fsp3) is 0.586. The Balaban J connectivity index is 1.42. The third-order valence-electron chi connectivity index (χ3n) is 7.59. The van der Waals surface area contributed by atoms with E-state index in [1.807, 2.05) is 49.5 Å². The molecule has 0 saturated carbocycles. The number of benzene rings is 1. The van der Waals surface area contributed by atoms with Crippen molar-refractivity contribution < 1.29 is 19.4 Å². The van der Waals surface area contributed by atoms with E-state index < -0.39 is 5.60 Å². The van der Waals surface area contributed by atoms with Crippen LogP contribution < -0.4 is 4.90 Å². The highest BCUT2D eigenvalue weighted by molar-refractivity contribution is 5.82. The van der Waals surface area contributed by atoms with Crippen molar-refractivity contribution in [2.45, 2.75) is 78.0 Å². The Morgan fingerprint density at radius 3 is 2.64 bits per heavy atom. The van der Waals surface area contributed by atoms with Crippen molar-refractivity contribution in [2.75, 3.05) is 37.7 Å². The van der Waals surface area contributed by atoms with E-state index in [0.29, 0.717) is 43.8 Å². The number of fused-ring (bicyclic) bond motifs is 1. The largest absolute Gasteiger partial charge is 0.444 e. The standard InChI is InChI=1S/C29H40N6O4/c1-18-11-22-15-30-35(27-14-26(31-20(3)32-27)33-9-10-38-23(16-33)17-36)25(22)13-24(18)21-7-8-34(19(2)12-21)28(37)39-29(4,5)6/h11,13-15,19,21,23,36H,7-10,12,16-17H2,1-6H3/t19?,21?,23-/m1/s1. The van der Waals surface area contributed by atoms with E-state index in [4.69, 9.17) is 19.6 Å². The topological polar surface area (TPSA) is 106 Å². The minimum atomic E-state index is -0.505. The summed E-state index contributed by atoms with van der Waals surface area (Å²) in [6.45, 7) is 14.3. The van der Waals surface area contributed by atoms with E-state index in [-0.39, 0.29) is 24.8 Å². The van der Waals surface area contributed by atoms with Gasteiger partial charge in [0, 0.05) is 37.1 Å². The Kier molecular flexibility index (Phi) is 7.52. The lowest BCUT2D eigenvalue weighted by molar-refractivity contribution is 0.00334. The summed E-state index contributed by atoms with van der Waals surface area (Å²) in [5, 5.41) is 15.3. The number of carbonyl (C=O) groups excluding carboxylic acids is 1. The van der Waals surface area contributed by atoms with Crippen molar-refractivity contribution in [1.82, 2.24) is 24.6 Å². The van der Waals surface area contributed by atoms with Crippen LogP contribution >= 0.6 is 0 Å². The Hall–Kier alpha value is -3.24. The minimum absolute atomic E-state index is 0.0192. The van der Waals surface area contributed by atoms with E-state index >= 15 is 0 Å². The van der Waals surface area contributed by atoms with Gasteiger partial charge in [0.2, 0.25) is 0 Å². The number of aryl methyl sites for hydroxylation is 2. The molecule has 2 unspecified atom stereocenters. The first-order chi connectivity index (χ1) is 18.5. The number of hydrogen-bond donors (Lipinski definition) is 1. The number of carbonyl (C=O) groups is 1. The normalized spacial score (nSPS) is 22.4. The van der Waals surface area contributed by atoms with Gasteiger partial charge in [-0.15, -0.1) is 0 Å². The summed E-state index contributed by atoms with van der Waals surface area (Å²) < 4.78 is 13.1. The van der Waals surface area contributed by atoms with Crippen molar-refractivity contribution in [1.29, 1.82) is 0 Å². The lowest BCUT2D eigenvalue weighted by Gasteiger charge is -2.39. The summed E-state index contributed by atoms with van der Waals surface area (Å²) in [5.74, 6) is 2.51. The molecule has 2 saturated heterocycles. The summed E-state index contributed by atoms with van der Waals surface area (Å²) in [7, 11) is 0. The van der Waals surface area contributed by atoms with E-state index in [9.17, 15) is 9.90 Å². The molecule has 5 rings (SSSR count). The predicted octanol–water partition coefficient (Wildman–Crippen LogP) is 4.13. The molecule has 1 amide bonds. The first kappa shape index (κ1) is 27.3. The van der Waals surface area contributed by atoms with Gasteiger partial charge in [0.1, 0.15) is 17.2 Å². The molecule has 1 N–H and O–H groups in total. The van der Waals surface area contributed by atoms with E-state index in [0.717, 1.165) is 29.6 Å². The number of piperidine rings is 1. The predicted molar refractivity (Wildman–Crippen MR) is 150 cm³/mol. The average molecular weight is 537 g/mol. The molecule has 3 aromatic rings. The van der Waals surface area contributed by atoms with E-state index in [1.54, 1.807) is 0 Å². The molecule has 0 bridgehead atoms. The third-order valence-corrected chi connectivity index (χ3v) is 7.59. The van der Waals surface area contributed by atoms with Gasteiger partial charge in [-0.3, -0.25) is 0 Å². The number of aliphatic hydroxyl groups is 1. The number of aromatic nitrogens is 4. The molecule has 10 nitrogen and oxygen atoms in total. The summed E-state index contributed by atoms with van der Waals surface area (Å²) >= 11 is 0. The number of morpholine rings is 1. The zero-order valence-corrected chi connectivity index (χ0v) is 23.8. The maximum atomic E-state index is 12.7.